The zero-order valence-electron chi connectivity index (χ0n) is 20.2. The Morgan fingerprint density at radius 2 is 1.69 bits per heavy atom. The van der Waals surface area contributed by atoms with Crippen molar-refractivity contribution in [3.8, 4) is 5.75 Å². The van der Waals surface area contributed by atoms with Crippen LogP contribution in [0.15, 0.2) is 53.6 Å². The lowest BCUT2D eigenvalue weighted by Gasteiger charge is -2.04. The molecular weight excluding hydrogens is 480 g/mol. The number of fused-ring (bicyclic) bond motifs is 1. The molecule has 5 nitrogen and oxygen atoms in total. The van der Waals surface area contributed by atoms with E-state index in [0.717, 1.165) is 22.9 Å². The van der Waals surface area contributed by atoms with Crippen LogP contribution < -0.4 is 10.2 Å². The minimum atomic E-state index is -0.500. The molecule has 1 heterocycles. The number of nitrogens with zero attached hydrogens (tertiary/aromatic N) is 1. The molecule has 1 amide bonds. The zero-order valence-corrected chi connectivity index (χ0v) is 21.8. The van der Waals surface area contributed by atoms with Crippen molar-refractivity contribution in [1.29, 1.82) is 0 Å². The standard InChI is InChI=1S/C28H33ClN2O3S/c1-2-3-4-5-6-7-8-9-10-18-25(32)31-30-20-21-14-13-15-22(19-21)34-28(33)27-26(29)23-16-11-12-17-24(23)35-27/h11-17,19-20H,2-10,18H2,1H3,(H,31,32). The number of carbonyl (C=O) groups is 2. The lowest BCUT2D eigenvalue weighted by atomic mass is 10.1. The Morgan fingerprint density at radius 1 is 0.971 bits per heavy atom. The molecule has 0 atom stereocenters. The zero-order chi connectivity index (χ0) is 24.9. The summed E-state index contributed by atoms with van der Waals surface area (Å²) in [6.07, 6.45) is 13.0. The topological polar surface area (TPSA) is 67.8 Å². The molecule has 3 aromatic rings. The van der Waals surface area contributed by atoms with Crippen molar-refractivity contribution in [2.24, 2.45) is 5.10 Å². The number of carbonyl (C=O) groups excluding carboxylic acids is 2. The van der Waals surface area contributed by atoms with E-state index in [-0.39, 0.29) is 5.91 Å². The average molecular weight is 513 g/mol. The smallest absolute Gasteiger partial charge is 0.355 e. The third kappa shape index (κ3) is 8.79. The van der Waals surface area contributed by atoms with Crippen molar-refractivity contribution in [3.05, 3.63) is 64.0 Å². The molecule has 0 aliphatic rings. The van der Waals surface area contributed by atoms with E-state index in [4.69, 9.17) is 16.3 Å². The Hall–Kier alpha value is -2.70. The van der Waals surface area contributed by atoms with Gasteiger partial charge in [-0.25, -0.2) is 10.2 Å². The molecular formula is C28H33ClN2O3S. The molecule has 0 spiro atoms. The second-order valence-corrected chi connectivity index (χ2v) is 10.0. The van der Waals surface area contributed by atoms with Crippen LogP contribution in [0.3, 0.4) is 0 Å². The molecule has 0 saturated heterocycles. The van der Waals surface area contributed by atoms with Crippen molar-refractivity contribution in [2.75, 3.05) is 0 Å². The summed E-state index contributed by atoms with van der Waals surface area (Å²) < 4.78 is 6.46. The fourth-order valence-electron chi connectivity index (χ4n) is 3.79. The quantitative estimate of drug-likeness (QED) is 0.0778. The van der Waals surface area contributed by atoms with E-state index in [9.17, 15) is 9.59 Å². The number of amides is 1. The first-order valence-electron chi connectivity index (χ1n) is 12.4. The lowest BCUT2D eigenvalue weighted by Crippen LogP contribution is -2.16. The van der Waals surface area contributed by atoms with Gasteiger partial charge in [0.15, 0.2) is 0 Å². The van der Waals surface area contributed by atoms with Gasteiger partial charge in [-0.05, 0) is 30.2 Å². The van der Waals surface area contributed by atoms with E-state index < -0.39 is 5.97 Å². The Labute approximate surface area is 216 Å². The van der Waals surface area contributed by atoms with Crippen molar-refractivity contribution in [3.63, 3.8) is 0 Å². The van der Waals surface area contributed by atoms with Gasteiger partial charge in [-0.15, -0.1) is 11.3 Å². The maximum absolute atomic E-state index is 12.7. The summed E-state index contributed by atoms with van der Waals surface area (Å²) >= 11 is 7.69. The highest BCUT2D eigenvalue weighted by molar-refractivity contribution is 7.21. The Morgan fingerprint density at radius 3 is 2.43 bits per heavy atom. The van der Waals surface area contributed by atoms with Gasteiger partial charge >= 0.3 is 5.97 Å². The van der Waals surface area contributed by atoms with Crippen LogP contribution >= 0.6 is 22.9 Å². The average Bonchev–Trinajstić information content (AvgIpc) is 3.20. The summed E-state index contributed by atoms with van der Waals surface area (Å²) in [4.78, 5) is 25.0. The highest BCUT2D eigenvalue weighted by Gasteiger charge is 2.19. The molecule has 0 saturated carbocycles. The molecule has 1 N–H and O–H groups in total. The van der Waals surface area contributed by atoms with Gasteiger partial charge in [-0.2, -0.15) is 5.10 Å². The van der Waals surface area contributed by atoms with E-state index in [1.807, 2.05) is 30.3 Å². The first kappa shape index (κ1) is 26.9. The van der Waals surface area contributed by atoms with Crippen molar-refractivity contribution in [2.45, 2.75) is 71.1 Å². The number of nitrogens with one attached hydrogen (secondary N) is 1. The molecule has 0 aliphatic carbocycles. The van der Waals surface area contributed by atoms with E-state index in [0.29, 0.717) is 27.6 Å². The molecule has 0 radical (unpaired) electrons. The van der Waals surface area contributed by atoms with E-state index in [2.05, 4.69) is 17.5 Å². The maximum atomic E-state index is 12.7. The first-order valence-corrected chi connectivity index (χ1v) is 13.6. The summed E-state index contributed by atoms with van der Waals surface area (Å²) in [5.41, 5.74) is 3.28. The second-order valence-electron chi connectivity index (χ2n) is 8.57. The van der Waals surface area contributed by atoms with E-state index in [1.54, 1.807) is 18.2 Å². The lowest BCUT2D eigenvalue weighted by molar-refractivity contribution is -0.121. The van der Waals surface area contributed by atoms with E-state index >= 15 is 0 Å². The number of ether oxygens (including phenoxy) is 1. The number of hydrazone groups is 1. The van der Waals surface area contributed by atoms with Crippen molar-refractivity contribution < 1.29 is 14.3 Å². The number of hydrogen-bond donors (Lipinski definition) is 1. The van der Waals surface area contributed by atoms with Gasteiger partial charge in [0.05, 0.1) is 11.2 Å². The number of unbranched alkanes of at least 4 members (excludes halogenated alkanes) is 8. The molecule has 1 aromatic heterocycles. The molecule has 0 bridgehead atoms. The van der Waals surface area contributed by atoms with Gasteiger partial charge < -0.3 is 4.74 Å². The first-order chi connectivity index (χ1) is 17.1. The Bertz CT molecular complexity index is 1140. The monoisotopic (exact) mass is 512 g/mol. The number of esters is 1. The second kappa shape index (κ2) is 14.6. The number of hydrogen-bond acceptors (Lipinski definition) is 5. The van der Waals surface area contributed by atoms with Gasteiger partial charge in [-0.3, -0.25) is 4.79 Å². The van der Waals surface area contributed by atoms with Gasteiger partial charge in [0, 0.05) is 16.5 Å². The fourth-order valence-corrected chi connectivity index (χ4v) is 5.17. The SMILES string of the molecule is CCCCCCCCCCCC(=O)NN=Cc1cccc(OC(=O)c2sc3ccccc3c2Cl)c1. The van der Waals surface area contributed by atoms with Crippen LogP contribution in [0.1, 0.15) is 86.4 Å². The molecule has 2 aromatic carbocycles. The van der Waals surface area contributed by atoms with Crippen LogP contribution in [0.5, 0.6) is 5.75 Å². The van der Waals surface area contributed by atoms with Crippen molar-refractivity contribution in [1.82, 2.24) is 5.43 Å². The van der Waals surface area contributed by atoms with Crippen LogP contribution in [-0.4, -0.2) is 18.1 Å². The van der Waals surface area contributed by atoms with Crippen LogP contribution in [0, 0.1) is 0 Å². The van der Waals surface area contributed by atoms with Crippen molar-refractivity contribution >= 4 is 51.1 Å². The molecule has 0 unspecified atom stereocenters. The number of benzene rings is 2. The van der Waals surface area contributed by atoms with Gasteiger partial charge in [0.1, 0.15) is 10.6 Å². The Balaban J connectivity index is 1.40. The summed E-state index contributed by atoms with van der Waals surface area (Å²) in [6.45, 7) is 2.23. The summed E-state index contributed by atoms with van der Waals surface area (Å²) in [5.74, 6) is -0.209. The van der Waals surface area contributed by atoms with Gasteiger partial charge in [-0.1, -0.05) is 100 Å². The summed E-state index contributed by atoms with van der Waals surface area (Å²) in [5, 5.41) is 5.28. The van der Waals surface area contributed by atoms with Crippen LogP contribution in [0.4, 0.5) is 0 Å². The summed E-state index contributed by atoms with van der Waals surface area (Å²) in [7, 11) is 0. The molecule has 35 heavy (non-hydrogen) atoms. The van der Waals surface area contributed by atoms with Crippen LogP contribution in [-0.2, 0) is 4.79 Å². The number of halogens is 1. The number of thiophene rings is 1. The fraction of sp³-hybridized carbons (Fsp3) is 0.393. The highest BCUT2D eigenvalue weighted by atomic mass is 35.5. The third-order valence-corrected chi connectivity index (χ3v) is 7.35. The van der Waals surface area contributed by atoms with E-state index in [1.165, 1.54) is 62.5 Å². The molecule has 0 fully saturated rings. The van der Waals surface area contributed by atoms with Crippen LogP contribution in [0.2, 0.25) is 5.02 Å². The molecule has 3 rings (SSSR count). The predicted molar refractivity (Wildman–Crippen MR) is 146 cm³/mol. The number of rotatable bonds is 14. The third-order valence-electron chi connectivity index (χ3n) is 5.70. The largest absolute Gasteiger partial charge is 0.422 e. The molecule has 186 valence electrons. The minimum Gasteiger partial charge on any atom is -0.422 e. The molecule has 0 aliphatic heterocycles. The summed E-state index contributed by atoms with van der Waals surface area (Å²) in [6, 6.07) is 14.6. The van der Waals surface area contributed by atoms with Gasteiger partial charge in [0.25, 0.3) is 0 Å². The Kier molecular flexibility index (Phi) is 11.3. The van der Waals surface area contributed by atoms with Crippen LogP contribution in [0.25, 0.3) is 10.1 Å². The minimum absolute atomic E-state index is 0.0915. The maximum Gasteiger partial charge on any atom is 0.355 e. The normalized spacial score (nSPS) is 11.3. The highest BCUT2D eigenvalue weighted by Crippen LogP contribution is 2.35. The predicted octanol–water partition coefficient (Wildman–Crippen LogP) is 8.14. The molecule has 7 heteroatoms. The van der Waals surface area contributed by atoms with Gasteiger partial charge in [0.2, 0.25) is 5.91 Å².